The molecule has 0 aliphatic heterocycles. The molecule has 4 heteroatoms. The predicted octanol–water partition coefficient (Wildman–Crippen LogP) is 3.95. The highest BCUT2D eigenvalue weighted by molar-refractivity contribution is 7.17. The van der Waals surface area contributed by atoms with Crippen LogP contribution in [0.15, 0.2) is 36.4 Å². The van der Waals surface area contributed by atoms with E-state index in [-0.39, 0.29) is 5.91 Å². The van der Waals surface area contributed by atoms with Gasteiger partial charge in [0.15, 0.2) is 0 Å². The van der Waals surface area contributed by atoms with Crippen molar-refractivity contribution in [3.63, 3.8) is 0 Å². The quantitative estimate of drug-likeness (QED) is 0.874. The van der Waals surface area contributed by atoms with Gasteiger partial charge in [-0.2, -0.15) is 0 Å². The number of nitrogens with one attached hydrogen (secondary N) is 1. The highest BCUT2D eigenvalue weighted by Crippen LogP contribution is 2.36. The minimum atomic E-state index is -0.0533. The summed E-state index contributed by atoms with van der Waals surface area (Å²) in [6, 6.07) is 12.0. The van der Waals surface area contributed by atoms with Gasteiger partial charge in [-0.15, -0.1) is 11.3 Å². The lowest BCUT2D eigenvalue weighted by Crippen LogP contribution is -2.23. The Labute approximate surface area is 123 Å². The van der Waals surface area contributed by atoms with E-state index in [1.165, 1.54) is 11.3 Å². The molecule has 0 bridgehead atoms. The van der Waals surface area contributed by atoms with Crippen molar-refractivity contribution in [1.82, 2.24) is 5.32 Å². The smallest absolute Gasteiger partial charge is 0.265 e. The molecule has 0 aliphatic rings. The number of rotatable bonds is 6. The van der Waals surface area contributed by atoms with Gasteiger partial charge in [0.2, 0.25) is 0 Å². The van der Waals surface area contributed by atoms with Gasteiger partial charge in [-0.1, -0.05) is 37.3 Å². The molecule has 2 rings (SSSR count). The number of carbonyl (C=O) groups is 1. The molecular weight excluding hydrogens is 270 g/mol. The molecule has 20 heavy (non-hydrogen) atoms. The van der Waals surface area contributed by atoms with Gasteiger partial charge < -0.3 is 10.1 Å². The van der Waals surface area contributed by atoms with E-state index >= 15 is 0 Å². The fourth-order valence-corrected chi connectivity index (χ4v) is 2.88. The second-order valence-corrected chi connectivity index (χ2v) is 5.41. The van der Waals surface area contributed by atoms with Gasteiger partial charge >= 0.3 is 0 Å². The number of hydrogen-bond donors (Lipinski definition) is 1. The molecule has 2 aromatic rings. The third-order valence-electron chi connectivity index (χ3n) is 2.80. The van der Waals surface area contributed by atoms with Gasteiger partial charge in [-0.3, -0.25) is 4.79 Å². The summed E-state index contributed by atoms with van der Waals surface area (Å²) in [5, 5.41) is 2.90. The summed E-state index contributed by atoms with van der Waals surface area (Å²) in [6.45, 7) is 5.20. The third-order valence-corrected chi connectivity index (χ3v) is 3.96. The van der Waals surface area contributed by atoms with Crippen molar-refractivity contribution < 1.29 is 9.53 Å². The van der Waals surface area contributed by atoms with Gasteiger partial charge in [0.05, 0.1) is 6.61 Å². The van der Waals surface area contributed by atoms with Crippen molar-refractivity contribution in [2.45, 2.75) is 20.3 Å². The number of ether oxygens (including phenoxy) is 1. The van der Waals surface area contributed by atoms with Crippen molar-refractivity contribution in [3.8, 4) is 16.2 Å². The molecule has 1 N–H and O–H groups in total. The Balaban J connectivity index is 2.31. The van der Waals surface area contributed by atoms with Crippen molar-refractivity contribution in [2.75, 3.05) is 13.2 Å². The summed E-state index contributed by atoms with van der Waals surface area (Å²) in [5.41, 5.74) is 1.10. The van der Waals surface area contributed by atoms with E-state index in [0.29, 0.717) is 23.8 Å². The summed E-state index contributed by atoms with van der Waals surface area (Å²) in [6.07, 6.45) is 0.923. The number of thiophene rings is 1. The molecule has 1 aromatic carbocycles. The van der Waals surface area contributed by atoms with E-state index < -0.39 is 0 Å². The fraction of sp³-hybridized carbons (Fsp3) is 0.312. The molecule has 1 amide bonds. The zero-order valence-electron chi connectivity index (χ0n) is 11.8. The maximum absolute atomic E-state index is 12.2. The first kappa shape index (κ1) is 14.6. The van der Waals surface area contributed by atoms with Crippen LogP contribution in [0.3, 0.4) is 0 Å². The molecule has 0 aliphatic carbocycles. The first-order chi connectivity index (χ1) is 9.76. The van der Waals surface area contributed by atoms with Crippen LogP contribution in [0.2, 0.25) is 0 Å². The summed E-state index contributed by atoms with van der Waals surface area (Å²) in [7, 11) is 0. The number of carbonyl (C=O) groups excluding carboxylic acids is 1. The van der Waals surface area contributed by atoms with Crippen LogP contribution in [0.4, 0.5) is 0 Å². The lowest BCUT2D eigenvalue weighted by atomic mass is 10.2. The molecule has 0 spiro atoms. The average Bonchev–Trinajstić information content (AvgIpc) is 2.90. The van der Waals surface area contributed by atoms with Crippen LogP contribution < -0.4 is 10.1 Å². The van der Waals surface area contributed by atoms with Crippen LogP contribution in [0, 0.1) is 0 Å². The van der Waals surface area contributed by atoms with Gasteiger partial charge in [-0.05, 0) is 25.0 Å². The Morgan fingerprint density at radius 3 is 2.65 bits per heavy atom. The molecule has 0 saturated carbocycles. The van der Waals surface area contributed by atoms with E-state index in [1.54, 1.807) is 0 Å². The van der Waals surface area contributed by atoms with Crippen molar-refractivity contribution in [2.24, 2.45) is 0 Å². The molecule has 1 heterocycles. The largest absolute Gasteiger partial charge is 0.492 e. The Morgan fingerprint density at radius 2 is 2.00 bits per heavy atom. The van der Waals surface area contributed by atoms with Gasteiger partial charge in [-0.25, -0.2) is 0 Å². The first-order valence-electron chi connectivity index (χ1n) is 6.86. The van der Waals surface area contributed by atoms with Crippen molar-refractivity contribution >= 4 is 17.2 Å². The third kappa shape index (κ3) is 3.39. The lowest BCUT2D eigenvalue weighted by Gasteiger charge is -2.04. The summed E-state index contributed by atoms with van der Waals surface area (Å²) in [4.78, 5) is 13.9. The average molecular weight is 289 g/mol. The fourth-order valence-electron chi connectivity index (χ4n) is 1.86. The van der Waals surface area contributed by atoms with Crippen LogP contribution in [0.25, 0.3) is 10.4 Å². The van der Waals surface area contributed by atoms with E-state index in [2.05, 4.69) is 5.32 Å². The highest BCUT2D eigenvalue weighted by atomic mass is 32.1. The molecule has 0 fully saturated rings. The molecular formula is C16H19NO2S. The number of benzene rings is 1. The lowest BCUT2D eigenvalue weighted by molar-refractivity contribution is 0.0954. The molecule has 0 atom stereocenters. The van der Waals surface area contributed by atoms with Crippen molar-refractivity contribution in [3.05, 3.63) is 41.3 Å². The first-order valence-corrected chi connectivity index (χ1v) is 7.68. The second kappa shape index (κ2) is 7.10. The van der Waals surface area contributed by atoms with E-state index in [0.717, 1.165) is 16.9 Å². The molecule has 1 aromatic heterocycles. The zero-order valence-corrected chi connectivity index (χ0v) is 12.6. The molecule has 3 nitrogen and oxygen atoms in total. The standard InChI is InChI=1S/C16H19NO2S/c1-3-10-17-16(18)15-13(19-4-2)11-14(20-15)12-8-6-5-7-9-12/h5-9,11H,3-4,10H2,1-2H3,(H,17,18). The highest BCUT2D eigenvalue weighted by Gasteiger charge is 2.17. The van der Waals surface area contributed by atoms with Crippen LogP contribution >= 0.6 is 11.3 Å². The molecule has 0 radical (unpaired) electrons. The Bertz CT molecular complexity index is 563. The second-order valence-electron chi connectivity index (χ2n) is 4.36. The Morgan fingerprint density at radius 1 is 1.25 bits per heavy atom. The minimum absolute atomic E-state index is 0.0533. The Hall–Kier alpha value is -1.81. The van der Waals surface area contributed by atoms with E-state index in [4.69, 9.17) is 4.74 Å². The monoisotopic (exact) mass is 289 g/mol. The van der Waals surface area contributed by atoms with E-state index in [9.17, 15) is 4.79 Å². The van der Waals surface area contributed by atoms with Crippen LogP contribution in [0.5, 0.6) is 5.75 Å². The maximum atomic E-state index is 12.2. The molecule has 106 valence electrons. The number of hydrogen-bond acceptors (Lipinski definition) is 3. The Kier molecular flexibility index (Phi) is 5.18. The SMILES string of the molecule is CCCNC(=O)c1sc(-c2ccccc2)cc1OCC. The minimum Gasteiger partial charge on any atom is -0.492 e. The van der Waals surface area contributed by atoms with Gasteiger partial charge in [0.25, 0.3) is 5.91 Å². The van der Waals surface area contributed by atoms with Crippen LogP contribution in [-0.2, 0) is 0 Å². The van der Waals surface area contributed by atoms with Crippen LogP contribution in [0.1, 0.15) is 29.9 Å². The van der Waals surface area contributed by atoms with Crippen LogP contribution in [-0.4, -0.2) is 19.1 Å². The summed E-state index contributed by atoms with van der Waals surface area (Å²) >= 11 is 1.47. The normalized spacial score (nSPS) is 10.3. The predicted molar refractivity (Wildman–Crippen MR) is 83.5 cm³/mol. The molecule has 0 saturated heterocycles. The summed E-state index contributed by atoms with van der Waals surface area (Å²) < 4.78 is 5.59. The zero-order chi connectivity index (χ0) is 14.4. The van der Waals surface area contributed by atoms with Gasteiger partial charge in [0, 0.05) is 11.4 Å². The van der Waals surface area contributed by atoms with Crippen molar-refractivity contribution in [1.29, 1.82) is 0 Å². The summed E-state index contributed by atoms with van der Waals surface area (Å²) in [5.74, 6) is 0.618. The molecule has 0 unspecified atom stereocenters. The topological polar surface area (TPSA) is 38.3 Å². The van der Waals surface area contributed by atoms with Gasteiger partial charge in [0.1, 0.15) is 10.6 Å². The maximum Gasteiger partial charge on any atom is 0.265 e. The van der Waals surface area contributed by atoms with E-state index in [1.807, 2.05) is 50.2 Å². The number of amides is 1.